The standard InChI is InChI=1S/C10H10ClNO3/c1-7(13)10(12,9(11)14)15-8-5-3-2-4-6-8/h2-6H,12H2,1H3. The van der Waals surface area contributed by atoms with Crippen LogP contribution in [-0.2, 0) is 9.59 Å². The summed E-state index contributed by atoms with van der Waals surface area (Å²) >= 11 is 5.22. The molecule has 1 rings (SSSR count). The summed E-state index contributed by atoms with van der Waals surface area (Å²) in [5.74, 6) is -0.337. The second-order valence-corrected chi connectivity index (χ2v) is 3.32. The molecule has 15 heavy (non-hydrogen) atoms. The Labute approximate surface area is 92.0 Å². The number of Topliss-reactive ketones (excluding diaryl/α,β-unsaturated/α-hetero) is 1. The van der Waals surface area contributed by atoms with Crippen LogP contribution in [0.15, 0.2) is 30.3 Å². The first-order chi connectivity index (χ1) is 6.97. The summed E-state index contributed by atoms with van der Waals surface area (Å²) in [5, 5.41) is -1.04. The Morgan fingerprint density at radius 3 is 2.27 bits per heavy atom. The van der Waals surface area contributed by atoms with Crippen molar-refractivity contribution in [1.29, 1.82) is 0 Å². The van der Waals surface area contributed by atoms with Crippen molar-refractivity contribution in [2.24, 2.45) is 5.73 Å². The lowest BCUT2D eigenvalue weighted by Gasteiger charge is -2.23. The molecule has 0 fully saturated rings. The van der Waals surface area contributed by atoms with E-state index in [9.17, 15) is 9.59 Å². The highest BCUT2D eigenvalue weighted by Crippen LogP contribution is 2.17. The fourth-order valence-electron chi connectivity index (χ4n) is 0.925. The molecule has 0 aliphatic heterocycles. The normalized spacial score (nSPS) is 14.1. The molecule has 0 aliphatic carbocycles. The molecule has 1 aromatic rings. The second kappa shape index (κ2) is 4.42. The van der Waals surface area contributed by atoms with Crippen molar-refractivity contribution in [2.75, 3.05) is 0 Å². The van der Waals surface area contributed by atoms with Crippen molar-refractivity contribution < 1.29 is 14.3 Å². The Balaban J connectivity index is 2.95. The molecule has 0 radical (unpaired) electrons. The van der Waals surface area contributed by atoms with Gasteiger partial charge < -0.3 is 4.74 Å². The highest BCUT2D eigenvalue weighted by molar-refractivity contribution is 6.67. The highest BCUT2D eigenvalue weighted by atomic mass is 35.5. The van der Waals surface area contributed by atoms with Crippen molar-refractivity contribution in [3.8, 4) is 5.75 Å². The third-order valence-electron chi connectivity index (χ3n) is 1.84. The summed E-state index contributed by atoms with van der Waals surface area (Å²) in [6.07, 6.45) is 0. The van der Waals surface area contributed by atoms with Gasteiger partial charge in [0.1, 0.15) is 5.75 Å². The predicted octanol–water partition coefficient (Wildman–Crippen LogP) is 1.07. The molecular formula is C10H10ClNO3. The fourth-order valence-corrected chi connectivity index (χ4v) is 1.10. The molecule has 0 saturated carbocycles. The minimum absolute atomic E-state index is 0.309. The first-order valence-electron chi connectivity index (χ1n) is 4.20. The number of hydrogen-bond acceptors (Lipinski definition) is 4. The summed E-state index contributed by atoms with van der Waals surface area (Å²) in [7, 11) is 0. The SMILES string of the molecule is CC(=O)C(N)(Oc1ccccc1)C(=O)Cl. The lowest BCUT2D eigenvalue weighted by Crippen LogP contribution is -2.57. The number of rotatable bonds is 4. The van der Waals surface area contributed by atoms with Gasteiger partial charge in [-0.1, -0.05) is 18.2 Å². The summed E-state index contributed by atoms with van der Waals surface area (Å²) in [4.78, 5) is 22.2. The van der Waals surface area contributed by atoms with Gasteiger partial charge in [0.25, 0.3) is 11.0 Å². The van der Waals surface area contributed by atoms with Crippen LogP contribution in [0.5, 0.6) is 5.75 Å². The molecule has 4 nitrogen and oxygen atoms in total. The maximum Gasteiger partial charge on any atom is 0.291 e. The van der Waals surface area contributed by atoms with Gasteiger partial charge in [0, 0.05) is 6.92 Å². The molecule has 1 atom stereocenters. The Kier molecular flexibility index (Phi) is 3.44. The zero-order valence-corrected chi connectivity index (χ0v) is 8.82. The number of carbonyl (C=O) groups excluding carboxylic acids is 2. The Morgan fingerprint density at radius 1 is 1.33 bits per heavy atom. The molecule has 1 unspecified atom stereocenters. The number of ketones is 1. The molecule has 0 bridgehead atoms. The lowest BCUT2D eigenvalue weighted by atomic mass is 10.2. The molecule has 0 heterocycles. The first-order valence-corrected chi connectivity index (χ1v) is 4.58. The van der Waals surface area contributed by atoms with Crippen LogP contribution in [0.4, 0.5) is 0 Å². The number of hydrogen-bond donors (Lipinski definition) is 1. The van der Waals surface area contributed by atoms with E-state index in [-0.39, 0.29) is 0 Å². The topological polar surface area (TPSA) is 69.4 Å². The maximum absolute atomic E-state index is 11.2. The number of benzene rings is 1. The van der Waals surface area contributed by atoms with E-state index in [0.717, 1.165) is 6.92 Å². The molecule has 0 amide bonds. The number of carbonyl (C=O) groups is 2. The van der Waals surface area contributed by atoms with Gasteiger partial charge >= 0.3 is 0 Å². The largest absolute Gasteiger partial charge is 0.457 e. The monoisotopic (exact) mass is 227 g/mol. The molecule has 1 aromatic carbocycles. The molecule has 0 aliphatic rings. The summed E-state index contributed by atoms with van der Waals surface area (Å²) in [6.45, 7) is 1.14. The van der Waals surface area contributed by atoms with Crippen molar-refractivity contribution in [1.82, 2.24) is 0 Å². The Bertz CT molecular complexity index is 364. The summed E-state index contributed by atoms with van der Waals surface area (Å²) in [5.41, 5.74) is 3.35. The second-order valence-electron chi connectivity index (χ2n) is 2.98. The van der Waals surface area contributed by atoms with E-state index >= 15 is 0 Å². The minimum atomic E-state index is -2.11. The maximum atomic E-state index is 11.2. The lowest BCUT2D eigenvalue weighted by molar-refractivity contribution is -0.141. The van der Waals surface area contributed by atoms with Crippen molar-refractivity contribution in [3.63, 3.8) is 0 Å². The van der Waals surface area contributed by atoms with E-state index in [0.29, 0.717) is 5.75 Å². The smallest absolute Gasteiger partial charge is 0.291 e. The van der Waals surface area contributed by atoms with E-state index in [1.807, 2.05) is 0 Å². The van der Waals surface area contributed by atoms with Gasteiger partial charge in [-0.25, -0.2) is 0 Å². The third-order valence-corrected chi connectivity index (χ3v) is 2.12. The van der Waals surface area contributed by atoms with E-state index < -0.39 is 16.8 Å². The van der Waals surface area contributed by atoms with E-state index in [1.54, 1.807) is 30.3 Å². The average Bonchev–Trinajstić information content (AvgIpc) is 2.18. The zero-order chi connectivity index (χ0) is 11.5. The van der Waals surface area contributed by atoms with Crippen LogP contribution in [0.25, 0.3) is 0 Å². The fraction of sp³-hybridized carbons (Fsp3) is 0.200. The van der Waals surface area contributed by atoms with Gasteiger partial charge in [-0.05, 0) is 23.7 Å². The van der Waals surface area contributed by atoms with Gasteiger partial charge in [-0.3, -0.25) is 15.3 Å². The molecule has 80 valence electrons. The first kappa shape index (κ1) is 11.7. The third kappa shape index (κ3) is 2.55. The minimum Gasteiger partial charge on any atom is -0.457 e. The van der Waals surface area contributed by atoms with Gasteiger partial charge in [0.2, 0.25) is 0 Å². The Hall–Kier alpha value is -1.39. The number of para-hydroxylation sites is 1. The predicted molar refractivity (Wildman–Crippen MR) is 55.5 cm³/mol. The number of halogens is 1. The zero-order valence-electron chi connectivity index (χ0n) is 8.07. The summed E-state index contributed by atoms with van der Waals surface area (Å²) in [6, 6.07) is 8.29. The molecule has 2 N–H and O–H groups in total. The Morgan fingerprint density at radius 2 is 1.87 bits per heavy atom. The average molecular weight is 228 g/mol. The van der Waals surface area contributed by atoms with Crippen LogP contribution < -0.4 is 10.5 Å². The number of ether oxygens (including phenoxy) is 1. The van der Waals surface area contributed by atoms with Crippen LogP contribution in [0.3, 0.4) is 0 Å². The molecule has 5 heteroatoms. The van der Waals surface area contributed by atoms with Crippen molar-refractivity contribution in [3.05, 3.63) is 30.3 Å². The van der Waals surface area contributed by atoms with Crippen molar-refractivity contribution in [2.45, 2.75) is 12.6 Å². The van der Waals surface area contributed by atoms with Crippen LogP contribution in [0.1, 0.15) is 6.92 Å². The molecular weight excluding hydrogens is 218 g/mol. The van der Waals surface area contributed by atoms with E-state index in [2.05, 4.69) is 0 Å². The highest BCUT2D eigenvalue weighted by Gasteiger charge is 2.40. The van der Waals surface area contributed by atoms with Crippen LogP contribution >= 0.6 is 11.6 Å². The number of nitrogens with two attached hydrogens (primary N) is 1. The van der Waals surface area contributed by atoms with Gasteiger partial charge in [-0.15, -0.1) is 0 Å². The van der Waals surface area contributed by atoms with Gasteiger partial charge in [0.15, 0.2) is 5.78 Å². The van der Waals surface area contributed by atoms with E-state index in [1.165, 1.54) is 0 Å². The molecule has 0 aromatic heterocycles. The van der Waals surface area contributed by atoms with Crippen molar-refractivity contribution >= 4 is 22.6 Å². The quantitative estimate of drug-likeness (QED) is 0.475. The summed E-state index contributed by atoms with van der Waals surface area (Å²) < 4.78 is 5.07. The van der Waals surface area contributed by atoms with Crippen LogP contribution in [-0.4, -0.2) is 16.8 Å². The molecule has 0 saturated heterocycles. The van der Waals surface area contributed by atoms with Crippen LogP contribution in [0.2, 0.25) is 0 Å². The molecule has 0 spiro atoms. The van der Waals surface area contributed by atoms with Gasteiger partial charge in [0.05, 0.1) is 0 Å². The van der Waals surface area contributed by atoms with E-state index in [4.69, 9.17) is 22.1 Å². The van der Waals surface area contributed by atoms with Gasteiger partial charge in [-0.2, -0.15) is 0 Å². The van der Waals surface area contributed by atoms with Crippen LogP contribution in [0, 0.1) is 0 Å².